The summed E-state index contributed by atoms with van der Waals surface area (Å²) in [4.78, 5) is 0.254. The molecule has 12 heavy (non-hydrogen) atoms. The summed E-state index contributed by atoms with van der Waals surface area (Å²) >= 11 is 1.13. The molecule has 0 heterocycles. The van der Waals surface area contributed by atoms with Crippen molar-refractivity contribution in [3.05, 3.63) is 29.3 Å². The lowest BCUT2D eigenvalue weighted by atomic mass is 10.2. The number of thioether (sulfide) groups is 1. The fourth-order valence-electron chi connectivity index (χ4n) is 0.851. The Balaban J connectivity index is 3.20. The highest BCUT2D eigenvalue weighted by molar-refractivity contribution is 7.98. The number of aliphatic hydroxyl groups excluding tert-OH is 1. The second kappa shape index (κ2) is 3.87. The van der Waals surface area contributed by atoms with Gasteiger partial charge in [-0.3, -0.25) is 0 Å². The molecule has 0 fully saturated rings. The summed E-state index contributed by atoms with van der Waals surface area (Å²) < 4.78 is 25.8. The van der Waals surface area contributed by atoms with Crippen molar-refractivity contribution in [1.29, 1.82) is 0 Å². The van der Waals surface area contributed by atoms with Gasteiger partial charge in [0.05, 0.1) is 6.61 Å². The Labute approximate surface area is 73.4 Å². The van der Waals surface area contributed by atoms with E-state index < -0.39 is 18.2 Å². The monoisotopic (exact) mass is 190 g/mol. The van der Waals surface area contributed by atoms with E-state index in [4.69, 9.17) is 5.11 Å². The summed E-state index contributed by atoms with van der Waals surface area (Å²) in [6.45, 7) is -0.475. The molecule has 4 heteroatoms. The molecule has 1 aromatic carbocycles. The summed E-state index contributed by atoms with van der Waals surface area (Å²) in [5, 5.41) is 8.59. The van der Waals surface area contributed by atoms with Gasteiger partial charge in [0.25, 0.3) is 0 Å². The molecule has 1 rings (SSSR count). The molecular weight excluding hydrogens is 182 g/mol. The molecule has 0 aliphatic heterocycles. The molecule has 1 N–H and O–H groups in total. The van der Waals surface area contributed by atoms with E-state index in [0.29, 0.717) is 0 Å². The van der Waals surface area contributed by atoms with Gasteiger partial charge in [0, 0.05) is 10.5 Å². The van der Waals surface area contributed by atoms with Crippen LogP contribution in [0.5, 0.6) is 0 Å². The standard InChI is InChI=1S/C8H8F2OS/c1-12-6-3-2-5(4-11)7(9)8(6)10/h2-3,11H,4H2,1H3. The third kappa shape index (κ3) is 1.59. The first-order valence-electron chi connectivity index (χ1n) is 3.32. The van der Waals surface area contributed by atoms with Gasteiger partial charge < -0.3 is 5.11 Å². The van der Waals surface area contributed by atoms with Crippen LogP contribution in [0, 0.1) is 11.6 Å². The zero-order valence-electron chi connectivity index (χ0n) is 6.47. The second-order valence-corrected chi connectivity index (χ2v) is 3.06. The van der Waals surface area contributed by atoms with Crippen LogP contribution in [0.1, 0.15) is 5.56 Å². The summed E-state index contributed by atoms with van der Waals surface area (Å²) in [6.07, 6.45) is 1.66. The number of halogens is 2. The van der Waals surface area contributed by atoms with Crippen molar-refractivity contribution in [1.82, 2.24) is 0 Å². The normalized spacial score (nSPS) is 10.3. The van der Waals surface area contributed by atoms with Gasteiger partial charge >= 0.3 is 0 Å². The lowest BCUT2D eigenvalue weighted by Crippen LogP contribution is -1.95. The quantitative estimate of drug-likeness (QED) is 0.721. The summed E-state index contributed by atoms with van der Waals surface area (Å²) in [7, 11) is 0. The minimum atomic E-state index is -0.954. The average molecular weight is 190 g/mol. The van der Waals surface area contributed by atoms with Crippen molar-refractivity contribution < 1.29 is 13.9 Å². The van der Waals surface area contributed by atoms with Crippen LogP contribution in [0.2, 0.25) is 0 Å². The molecule has 0 radical (unpaired) electrons. The van der Waals surface area contributed by atoms with E-state index in [1.165, 1.54) is 12.1 Å². The molecule has 0 bridgehead atoms. The van der Waals surface area contributed by atoms with E-state index in [1.54, 1.807) is 6.26 Å². The minimum Gasteiger partial charge on any atom is -0.392 e. The molecule has 66 valence electrons. The van der Waals surface area contributed by atoms with E-state index in [0.717, 1.165) is 11.8 Å². The van der Waals surface area contributed by atoms with Crippen LogP contribution >= 0.6 is 11.8 Å². The van der Waals surface area contributed by atoms with Crippen LogP contribution in [-0.4, -0.2) is 11.4 Å². The average Bonchev–Trinajstić information content (AvgIpc) is 2.10. The number of rotatable bonds is 2. The first-order chi connectivity index (χ1) is 5.70. The predicted octanol–water partition coefficient (Wildman–Crippen LogP) is 2.18. The Bertz CT molecular complexity index is 260. The van der Waals surface area contributed by atoms with Crippen molar-refractivity contribution in [2.45, 2.75) is 11.5 Å². The highest BCUT2D eigenvalue weighted by Crippen LogP contribution is 2.23. The van der Waals surface area contributed by atoms with Gasteiger partial charge in [-0.25, -0.2) is 8.78 Å². The van der Waals surface area contributed by atoms with Crippen LogP contribution in [0.4, 0.5) is 8.78 Å². The second-order valence-electron chi connectivity index (χ2n) is 2.21. The van der Waals surface area contributed by atoms with Crippen molar-refractivity contribution in [3.63, 3.8) is 0 Å². The molecule has 0 saturated heterocycles. The summed E-state index contributed by atoms with van der Waals surface area (Å²) in [5.41, 5.74) is -0.00898. The highest BCUT2D eigenvalue weighted by atomic mass is 32.2. The number of benzene rings is 1. The molecule has 0 aliphatic carbocycles. The molecular formula is C8H8F2OS. The predicted molar refractivity (Wildman–Crippen MR) is 44.1 cm³/mol. The van der Waals surface area contributed by atoms with Crippen LogP contribution in [0.3, 0.4) is 0 Å². The van der Waals surface area contributed by atoms with Crippen molar-refractivity contribution in [2.75, 3.05) is 6.26 Å². The molecule has 0 saturated carbocycles. The van der Waals surface area contributed by atoms with Crippen LogP contribution in [-0.2, 0) is 6.61 Å². The van der Waals surface area contributed by atoms with E-state index in [1.807, 2.05) is 0 Å². The summed E-state index contributed by atoms with van der Waals surface area (Å²) in [6, 6.07) is 2.83. The van der Waals surface area contributed by atoms with Gasteiger partial charge in [0.1, 0.15) is 0 Å². The van der Waals surface area contributed by atoms with Crippen LogP contribution in [0.25, 0.3) is 0 Å². The maximum atomic E-state index is 12.9. The lowest BCUT2D eigenvalue weighted by molar-refractivity contribution is 0.273. The zero-order chi connectivity index (χ0) is 9.14. The topological polar surface area (TPSA) is 20.2 Å². The smallest absolute Gasteiger partial charge is 0.172 e. The number of hydrogen-bond donors (Lipinski definition) is 1. The van der Waals surface area contributed by atoms with E-state index in [-0.39, 0.29) is 10.5 Å². The van der Waals surface area contributed by atoms with Gasteiger partial charge in [-0.1, -0.05) is 6.07 Å². The third-order valence-corrected chi connectivity index (χ3v) is 2.27. The maximum absolute atomic E-state index is 12.9. The molecule has 1 aromatic rings. The van der Waals surface area contributed by atoms with Gasteiger partial charge in [0.2, 0.25) is 0 Å². The SMILES string of the molecule is CSc1ccc(CO)c(F)c1F. The van der Waals surface area contributed by atoms with Crippen LogP contribution in [0.15, 0.2) is 17.0 Å². The first kappa shape index (κ1) is 9.48. The Morgan fingerprint density at radius 2 is 2.00 bits per heavy atom. The largest absolute Gasteiger partial charge is 0.392 e. The van der Waals surface area contributed by atoms with Crippen molar-refractivity contribution >= 4 is 11.8 Å². The van der Waals surface area contributed by atoms with Gasteiger partial charge in [0.15, 0.2) is 11.6 Å². The van der Waals surface area contributed by atoms with Gasteiger partial charge in [-0.15, -0.1) is 11.8 Å². The Kier molecular flexibility index (Phi) is 3.05. The van der Waals surface area contributed by atoms with Gasteiger partial charge in [-0.2, -0.15) is 0 Å². The van der Waals surface area contributed by atoms with Crippen molar-refractivity contribution in [2.24, 2.45) is 0 Å². The fraction of sp³-hybridized carbons (Fsp3) is 0.250. The maximum Gasteiger partial charge on any atom is 0.172 e. The number of hydrogen-bond acceptors (Lipinski definition) is 2. The molecule has 0 amide bonds. The van der Waals surface area contributed by atoms with Gasteiger partial charge in [-0.05, 0) is 12.3 Å². The molecule has 0 spiro atoms. The highest BCUT2D eigenvalue weighted by Gasteiger charge is 2.11. The Hall–Kier alpha value is -0.610. The van der Waals surface area contributed by atoms with E-state index in [2.05, 4.69) is 0 Å². The van der Waals surface area contributed by atoms with E-state index >= 15 is 0 Å². The first-order valence-corrected chi connectivity index (χ1v) is 4.55. The minimum absolute atomic E-state index is 0.00898. The van der Waals surface area contributed by atoms with E-state index in [9.17, 15) is 8.78 Å². The number of aliphatic hydroxyl groups is 1. The van der Waals surface area contributed by atoms with Crippen LogP contribution < -0.4 is 0 Å². The molecule has 0 aliphatic rings. The molecule has 1 nitrogen and oxygen atoms in total. The van der Waals surface area contributed by atoms with Crippen molar-refractivity contribution in [3.8, 4) is 0 Å². The molecule has 0 atom stereocenters. The summed E-state index contributed by atoms with van der Waals surface area (Å²) in [5.74, 6) is -1.83. The lowest BCUT2D eigenvalue weighted by Gasteiger charge is -2.03. The third-order valence-electron chi connectivity index (χ3n) is 1.52. The molecule has 0 aromatic heterocycles. The zero-order valence-corrected chi connectivity index (χ0v) is 7.29. The molecule has 0 unspecified atom stereocenters. The fourth-order valence-corrected chi connectivity index (χ4v) is 1.32. The Morgan fingerprint density at radius 1 is 1.33 bits per heavy atom. The Morgan fingerprint density at radius 3 is 2.50 bits per heavy atom.